The van der Waals surface area contributed by atoms with Crippen LogP contribution < -0.4 is 4.72 Å². The van der Waals surface area contributed by atoms with Crippen LogP contribution in [0.3, 0.4) is 0 Å². The molecule has 0 heterocycles. The maximum absolute atomic E-state index is 13.6. The Kier molecular flexibility index (Phi) is 3.82. The van der Waals surface area contributed by atoms with Gasteiger partial charge in [0.1, 0.15) is 5.75 Å². The molecule has 0 fully saturated rings. The lowest BCUT2D eigenvalue weighted by atomic mass is 10.2. The maximum atomic E-state index is 13.6. The number of rotatable bonds is 3. The summed E-state index contributed by atoms with van der Waals surface area (Å²) < 4.78 is 40.3. The van der Waals surface area contributed by atoms with Crippen molar-refractivity contribution in [3.63, 3.8) is 0 Å². The second-order valence-electron chi connectivity index (χ2n) is 4.36. The number of aromatic hydroxyl groups is 1. The summed E-state index contributed by atoms with van der Waals surface area (Å²) in [6, 6.07) is 9.15. The van der Waals surface area contributed by atoms with E-state index in [1.807, 2.05) is 6.07 Å². The molecule has 2 aromatic carbocycles. The summed E-state index contributed by atoms with van der Waals surface area (Å²) in [6.07, 6.45) is 0. The van der Waals surface area contributed by atoms with E-state index in [4.69, 9.17) is 10.4 Å². The number of benzene rings is 2. The van der Waals surface area contributed by atoms with Crippen molar-refractivity contribution >= 4 is 15.7 Å². The summed E-state index contributed by atoms with van der Waals surface area (Å²) in [6.45, 7) is 1.57. The number of hydrogen-bond donors (Lipinski definition) is 2. The van der Waals surface area contributed by atoms with Gasteiger partial charge in [0, 0.05) is 6.07 Å². The molecule has 2 rings (SSSR count). The lowest BCUT2D eigenvalue weighted by Gasteiger charge is -2.11. The highest BCUT2D eigenvalue weighted by Gasteiger charge is 2.19. The van der Waals surface area contributed by atoms with Crippen molar-refractivity contribution in [3.05, 3.63) is 53.3 Å². The van der Waals surface area contributed by atoms with Gasteiger partial charge < -0.3 is 5.11 Å². The Balaban J connectivity index is 2.46. The van der Waals surface area contributed by atoms with E-state index in [0.717, 1.165) is 12.1 Å². The molecule has 7 heteroatoms. The number of nitriles is 1. The highest BCUT2D eigenvalue weighted by atomic mass is 32.2. The molecule has 2 aromatic rings. The van der Waals surface area contributed by atoms with Gasteiger partial charge in [-0.3, -0.25) is 4.72 Å². The van der Waals surface area contributed by atoms with E-state index in [0.29, 0.717) is 5.56 Å². The van der Waals surface area contributed by atoms with Gasteiger partial charge in [-0.05, 0) is 36.8 Å². The fourth-order valence-corrected chi connectivity index (χ4v) is 3.08. The molecular weight excluding hydrogens is 295 g/mol. The molecule has 108 valence electrons. The van der Waals surface area contributed by atoms with E-state index < -0.39 is 15.8 Å². The molecule has 5 nitrogen and oxygen atoms in total. The third kappa shape index (κ3) is 3.12. The third-order valence-electron chi connectivity index (χ3n) is 2.80. The van der Waals surface area contributed by atoms with Crippen LogP contribution in [-0.4, -0.2) is 13.5 Å². The standard InChI is InChI=1S/C14H11FN2O3S/c1-9-2-3-10(8-16)6-14(9)21(19,20)17-13-5-4-11(18)7-12(13)15/h2-7,17-18H,1H3. The van der Waals surface area contributed by atoms with Crippen LogP contribution in [0.5, 0.6) is 5.75 Å². The summed E-state index contributed by atoms with van der Waals surface area (Å²) in [7, 11) is -4.03. The molecule has 0 amide bonds. The number of aryl methyl sites for hydroxylation is 1. The van der Waals surface area contributed by atoms with Gasteiger partial charge in [0.25, 0.3) is 10.0 Å². The van der Waals surface area contributed by atoms with Crippen molar-refractivity contribution in [2.45, 2.75) is 11.8 Å². The Morgan fingerprint density at radius 1 is 1.24 bits per heavy atom. The number of anilines is 1. The van der Waals surface area contributed by atoms with Crippen molar-refractivity contribution in [2.24, 2.45) is 0 Å². The van der Waals surface area contributed by atoms with Gasteiger partial charge >= 0.3 is 0 Å². The second kappa shape index (κ2) is 5.42. The van der Waals surface area contributed by atoms with Gasteiger partial charge in [0.2, 0.25) is 0 Å². The Morgan fingerprint density at radius 3 is 2.57 bits per heavy atom. The average Bonchev–Trinajstić information content (AvgIpc) is 2.42. The molecule has 0 atom stereocenters. The van der Waals surface area contributed by atoms with Gasteiger partial charge in [-0.15, -0.1) is 0 Å². The predicted octanol–water partition coefficient (Wildman–Crippen LogP) is 2.51. The first-order chi connectivity index (χ1) is 9.83. The topological polar surface area (TPSA) is 90.2 Å². The van der Waals surface area contributed by atoms with Crippen molar-refractivity contribution in [1.82, 2.24) is 0 Å². The largest absolute Gasteiger partial charge is 0.508 e. The smallest absolute Gasteiger partial charge is 0.262 e. The van der Waals surface area contributed by atoms with Crippen LogP contribution in [-0.2, 0) is 10.0 Å². The summed E-state index contributed by atoms with van der Waals surface area (Å²) in [5, 5.41) is 17.9. The van der Waals surface area contributed by atoms with Crippen molar-refractivity contribution in [1.29, 1.82) is 5.26 Å². The minimum atomic E-state index is -4.03. The number of hydrogen-bond acceptors (Lipinski definition) is 4. The average molecular weight is 306 g/mol. The molecule has 0 saturated carbocycles. The highest BCUT2D eigenvalue weighted by molar-refractivity contribution is 7.92. The summed E-state index contributed by atoms with van der Waals surface area (Å²) in [5.74, 6) is -1.20. The minimum absolute atomic E-state index is 0.103. The fourth-order valence-electron chi connectivity index (χ4n) is 1.75. The van der Waals surface area contributed by atoms with Crippen LogP contribution in [0, 0.1) is 24.1 Å². The summed E-state index contributed by atoms with van der Waals surface area (Å²) >= 11 is 0. The van der Waals surface area contributed by atoms with Crippen LogP contribution >= 0.6 is 0 Å². The minimum Gasteiger partial charge on any atom is -0.508 e. The highest BCUT2D eigenvalue weighted by Crippen LogP contribution is 2.24. The van der Waals surface area contributed by atoms with Crippen LogP contribution in [0.25, 0.3) is 0 Å². The molecule has 21 heavy (non-hydrogen) atoms. The normalized spacial score (nSPS) is 10.9. The van der Waals surface area contributed by atoms with Crippen molar-refractivity contribution in [3.8, 4) is 11.8 Å². The zero-order valence-corrected chi connectivity index (χ0v) is 11.8. The molecule has 0 aliphatic rings. The van der Waals surface area contributed by atoms with Crippen LogP contribution in [0.2, 0.25) is 0 Å². The molecule has 0 aliphatic carbocycles. The predicted molar refractivity (Wildman–Crippen MR) is 74.8 cm³/mol. The van der Waals surface area contributed by atoms with Gasteiger partial charge in [-0.2, -0.15) is 5.26 Å². The lowest BCUT2D eigenvalue weighted by molar-refractivity contribution is 0.469. The van der Waals surface area contributed by atoms with Crippen LogP contribution in [0.1, 0.15) is 11.1 Å². The van der Waals surface area contributed by atoms with Gasteiger partial charge in [0.15, 0.2) is 5.82 Å². The number of nitrogens with one attached hydrogen (secondary N) is 1. The van der Waals surface area contributed by atoms with Crippen LogP contribution in [0.4, 0.5) is 10.1 Å². The molecule has 0 aliphatic heterocycles. The Morgan fingerprint density at radius 2 is 1.95 bits per heavy atom. The van der Waals surface area contributed by atoms with Gasteiger partial charge in [-0.25, -0.2) is 12.8 Å². The molecule has 0 bridgehead atoms. The van der Waals surface area contributed by atoms with Crippen LogP contribution in [0.15, 0.2) is 41.3 Å². The monoisotopic (exact) mass is 306 g/mol. The first-order valence-electron chi connectivity index (χ1n) is 5.85. The molecule has 0 unspecified atom stereocenters. The first kappa shape index (κ1) is 14.8. The number of phenols is 1. The SMILES string of the molecule is Cc1ccc(C#N)cc1S(=O)(=O)Nc1ccc(O)cc1F. The van der Waals surface area contributed by atoms with Gasteiger partial charge in [-0.1, -0.05) is 6.07 Å². The Bertz CT molecular complexity index is 842. The molecule has 0 aromatic heterocycles. The number of halogens is 1. The molecule has 0 radical (unpaired) electrons. The number of phenolic OH excluding ortho intramolecular Hbond substituents is 1. The number of sulfonamides is 1. The first-order valence-corrected chi connectivity index (χ1v) is 7.34. The van der Waals surface area contributed by atoms with E-state index in [1.54, 1.807) is 6.92 Å². The third-order valence-corrected chi connectivity index (χ3v) is 4.31. The second-order valence-corrected chi connectivity index (χ2v) is 6.01. The fraction of sp³-hybridized carbons (Fsp3) is 0.0714. The van der Waals surface area contributed by atoms with Crippen molar-refractivity contribution < 1.29 is 17.9 Å². The zero-order valence-electron chi connectivity index (χ0n) is 11.0. The van der Waals surface area contributed by atoms with E-state index in [-0.39, 0.29) is 21.9 Å². The maximum Gasteiger partial charge on any atom is 0.262 e. The van der Waals surface area contributed by atoms with E-state index in [1.165, 1.54) is 24.3 Å². The Labute approximate surface area is 121 Å². The molecule has 0 saturated heterocycles. The van der Waals surface area contributed by atoms with E-state index in [9.17, 15) is 12.8 Å². The van der Waals surface area contributed by atoms with E-state index in [2.05, 4.69) is 4.72 Å². The number of nitrogens with zero attached hydrogens (tertiary/aromatic N) is 1. The summed E-state index contributed by atoms with van der Waals surface area (Å²) in [4.78, 5) is -0.103. The lowest BCUT2D eigenvalue weighted by Crippen LogP contribution is -2.15. The van der Waals surface area contributed by atoms with Crippen molar-refractivity contribution in [2.75, 3.05) is 4.72 Å². The molecular formula is C14H11FN2O3S. The zero-order chi connectivity index (χ0) is 15.6. The summed E-state index contributed by atoms with van der Waals surface area (Å²) in [5.41, 5.74) is 0.336. The molecule has 0 spiro atoms. The molecule has 2 N–H and O–H groups in total. The van der Waals surface area contributed by atoms with Gasteiger partial charge in [0.05, 0.1) is 22.2 Å². The Hall–Kier alpha value is -2.59. The van der Waals surface area contributed by atoms with E-state index >= 15 is 0 Å². The quantitative estimate of drug-likeness (QED) is 0.853.